The van der Waals surface area contributed by atoms with Crippen molar-refractivity contribution in [2.45, 2.75) is 38.5 Å². The molecule has 0 aromatic carbocycles. The molecular weight excluding hydrogens is 276 g/mol. The third-order valence-electron chi connectivity index (χ3n) is 6.36. The zero-order valence-corrected chi connectivity index (χ0v) is 13.9. The summed E-state index contributed by atoms with van der Waals surface area (Å²) in [5.74, 6) is 2.67. The number of hydrogen-bond donors (Lipinski definition) is 0. The Labute approximate surface area is 134 Å². The van der Waals surface area contributed by atoms with Gasteiger partial charge in [-0.3, -0.25) is 4.79 Å². The summed E-state index contributed by atoms with van der Waals surface area (Å²) < 4.78 is 5.52. The van der Waals surface area contributed by atoms with Crippen molar-refractivity contribution in [3.63, 3.8) is 0 Å². The van der Waals surface area contributed by atoms with Crippen LogP contribution < -0.4 is 0 Å². The van der Waals surface area contributed by atoms with Gasteiger partial charge in [-0.25, -0.2) is 0 Å². The monoisotopic (exact) mass is 306 g/mol. The van der Waals surface area contributed by atoms with Gasteiger partial charge in [0.1, 0.15) is 0 Å². The van der Waals surface area contributed by atoms with Crippen molar-refractivity contribution in [3.8, 4) is 0 Å². The Morgan fingerprint density at radius 1 is 1.18 bits per heavy atom. The molecule has 0 aromatic heterocycles. The van der Waals surface area contributed by atoms with E-state index >= 15 is 0 Å². The van der Waals surface area contributed by atoms with Gasteiger partial charge in [0.05, 0.1) is 6.61 Å². The summed E-state index contributed by atoms with van der Waals surface area (Å²) >= 11 is 0. The van der Waals surface area contributed by atoms with Crippen molar-refractivity contribution >= 4 is 5.91 Å². The molecule has 1 amide bonds. The van der Waals surface area contributed by atoms with Crippen molar-refractivity contribution in [2.75, 3.05) is 46.4 Å². The van der Waals surface area contributed by atoms with E-state index in [4.69, 9.17) is 4.74 Å². The summed E-state index contributed by atoms with van der Waals surface area (Å²) in [7, 11) is 1.82. The standard InChI is InChI=1S/C18H30N2O2/c1-22-11-16-10-19(9-15-4-5-15)12-18(16)6-7-20(13-18)17(21)8-14-2-3-14/h14-16H,2-13H2,1H3/t16-,18-/m0/s1. The third kappa shape index (κ3) is 3.05. The topological polar surface area (TPSA) is 32.8 Å². The molecule has 4 fully saturated rings. The molecule has 2 heterocycles. The number of carbonyl (C=O) groups excluding carboxylic acids is 1. The summed E-state index contributed by atoms with van der Waals surface area (Å²) in [4.78, 5) is 17.3. The highest BCUT2D eigenvalue weighted by Gasteiger charge is 2.51. The van der Waals surface area contributed by atoms with Gasteiger partial charge >= 0.3 is 0 Å². The first-order valence-electron chi connectivity index (χ1n) is 9.17. The van der Waals surface area contributed by atoms with Crippen LogP contribution in [0.15, 0.2) is 0 Å². The molecule has 2 aliphatic heterocycles. The van der Waals surface area contributed by atoms with Gasteiger partial charge in [-0.05, 0) is 43.9 Å². The molecule has 0 bridgehead atoms. The quantitative estimate of drug-likeness (QED) is 0.752. The van der Waals surface area contributed by atoms with Gasteiger partial charge in [-0.2, -0.15) is 0 Å². The predicted octanol–water partition coefficient (Wildman–Crippen LogP) is 1.99. The molecule has 0 aromatic rings. The van der Waals surface area contributed by atoms with E-state index in [9.17, 15) is 4.79 Å². The van der Waals surface area contributed by atoms with Gasteiger partial charge < -0.3 is 14.5 Å². The molecule has 2 atom stereocenters. The average molecular weight is 306 g/mol. The lowest BCUT2D eigenvalue weighted by molar-refractivity contribution is -0.131. The number of carbonyl (C=O) groups is 1. The Hall–Kier alpha value is -0.610. The molecule has 4 heteroatoms. The van der Waals surface area contributed by atoms with Crippen LogP contribution in [-0.2, 0) is 9.53 Å². The number of ether oxygens (including phenoxy) is 1. The minimum Gasteiger partial charge on any atom is -0.384 e. The van der Waals surface area contributed by atoms with Crippen LogP contribution in [0.1, 0.15) is 38.5 Å². The Balaban J connectivity index is 1.40. The van der Waals surface area contributed by atoms with Crippen LogP contribution in [0, 0.1) is 23.2 Å². The van der Waals surface area contributed by atoms with Crippen LogP contribution >= 0.6 is 0 Å². The zero-order valence-electron chi connectivity index (χ0n) is 13.9. The molecule has 22 heavy (non-hydrogen) atoms. The normalized spacial score (nSPS) is 35.7. The lowest BCUT2D eigenvalue weighted by Crippen LogP contribution is -2.38. The highest BCUT2D eigenvalue weighted by Crippen LogP contribution is 2.46. The minimum atomic E-state index is 0.310. The van der Waals surface area contributed by atoms with E-state index in [0.29, 0.717) is 23.2 Å². The van der Waals surface area contributed by atoms with E-state index in [-0.39, 0.29) is 0 Å². The number of nitrogens with zero attached hydrogens (tertiary/aromatic N) is 2. The van der Waals surface area contributed by atoms with Gasteiger partial charge in [0.2, 0.25) is 5.91 Å². The number of methoxy groups -OCH3 is 1. The van der Waals surface area contributed by atoms with Crippen LogP contribution in [0.25, 0.3) is 0 Å². The summed E-state index contributed by atoms with van der Waals surface area (Å²) in [6.07, 6.45) is 7.36. The molecule has 1 spiro atoms. The van der Waals surface area contributed by atoms with Crippen molar-refractivity contribution in [1.82, 2.24) is 9.80 Å². The highest BCUT2D eigenvalue weighted by atomic mass is 16.5. The van der Waals surface area contributed by atoms with E-state index in [2.05, 4.69) is 9.80 Å². The number of likely N-dealkylation sites (tertiary alicyclic amines) is 2. The molecule has 4 nitrogen and oxygen atoms in total. The van der Waals surface area contributed by atoms with Crippen molar-refractivity contribution in [2.24, 2.45) is 23.2 Å². The Morgan fingerprint density at radius 3 is 2.64 bits per heavy atom. The minimum absolute atomic E-state index is 0.310. The molecule has 124 valence electrons. The van der Waals surface area contributed by atoms with Crippen molar-refractivity contribution in [1.29, 1.82) is 0 Å². The van der Waals surface area contributed by atoms with E-state index < -0.39 is 0 Å². The molecule has 2 saturated heterocycles. The fourth-order valence-corrected chi connectivity index (χ4v) is 4.65. The van der Waals surface area contributed by atoms with Crippen molar-refractivity contribution < 1.29 is 9.53 Å². The highest BCUT2D eigenvalue weighted by molar-refractivity contribution is 5.77. The molecule has 2 saturated carbocycles. The van der Waals surface area contributed by atoms with Crippen molar-refractivity contribution in [3.05, 3.63) is 0 Å². The van der Waals surface area contributed by atoms with E-state index in [1.54, 1.807) is 0 Å². The maximum atomic E-state index is 12.5. The number of hydrogen-bond acceptors (Lipinski definition) is 3. The Morgan fingerprint density at radius 2 is 1.95 bits per heavy atom. The molecular formula is C18H30N2O2. The predicted molar refractivity (Wildman–Crippen MR) is 85.5 cm³/mol. The molecule has 4 aliphatic rings. The summed E-state index contributed by atoms with van der Waals surface area (Å²) in [5, 5.41) is 0. The molecule has 0 radical (unpaired) electrons. The smallest absolute Gasteiger partial charge is 0.222 e. The maximum Gasteiger partial charge on any atom is 0.222 e. The molecule has 4 rings (SSSR count). The fraction of sp³-hybridized carbons (Fsp3) is 0.944. The van der Waals surface area contributed by atoms with Gasteiger partial charge in [0, 0.05) is 57.6 Å². The summed E-state index contributed by atoms with van der Waals surface area (Å²) in [6, 6.07) is 0. The zero-order chi connectivity index (χ0) is 15.2. The second-order valence-electron chi connectivity index (χ2n) is 8.36. The Bertz CT molecular complexity index is 433. The lowest BCUT2D eigenvalue weighted by Gasteiger charge is -2.30. The second kappa shape index (κ2) is 5.79. The third-order valence-corrected chi connectivity index (χ3v) is 6.36. The fourth-order valence-electron chi connectivity index (χ4n) is 4.65. The maximum absolute atomic E-state index is 12.5. The first kappa shape index (κ1) is 14.9. The van der Waals surface area contributed by atoms with Gasteiger partial charge in [-0.15, -0.1) is 0 Å². The first-order valence-corrected chi connectivity index (χ1v) is 9.17. The van der Waals surface area contributed by atoms with E-state index in [1.807, 2.05) is 7.11 Å². The van der Waals surface area contributed by atoms with Crippen LogP contribution in [0.3, 0.4) is 0 Å². The van der Waals surface area contributed by atoms with Gasteiger partial charge in [-0.1, -0.05) is 0 Å². The van der Waals surface area contributed by atoms with Crippen LogP contribution in [0.4, 0.5) is 0 Å². The van der Waals surface area contributed by atoms with Gasteiger partial charge in [0.15, 0.2) is 0 Å². The summed E-state index contributed by atoms with van der Waals surface area (Å²) in [5.41, 5.74) is 0.310. The van der Waals surface area contributed by atoms with E-state index in [1.165, 1.54) is 51.7 Å². The molecule has 2 aliphatic carbocycles. The summed E-state index contributed by atoms with van der Waals surface area (Å²) in [6.45, 7) is 6.44. The SMILES string of the molecule is COC[C@@H]1CN(CC2CC2)C[C@]12CCN(C(=O)CC1CC1)C2. The van der Waals surface area contributed by atoms with Crippen LogP contribution in [0.5, 0.6) is 0 Å². The largest absolute Gasteiger partial charge is 0.384 e. The average Bonchev–Trinajstić information content (AvgIpc) is 3.40. The van der Waals surface area contributed by atoms with E-state index in [0.717, 1.165) is 32.0 Å². The number of amides is 1. The van der Waals surface area contributed by atoms with Gasteiger partial charge in [0.25, 0.3) is 0 Å². The van der Waals surface area contributed by atoms with Crippen LogP contribution in [-0.4, -0.2) is 62.1 Å². The first-order chi connectivity index (χ1) is 10.7. The Kier molecular flexibility index (Phi) is 3.93. The molecule has 0 unspecified atom stereocenters. The molecule has 0 N–H and O–H groups in total. The van der Waals surface area contributed by atoms with Crippen LogP contribution in [0.2, 0.25) is 0 Å². The second-order valence-corrected chi connectivity index (χ2v) is 8.36. The number of rotatable bonds is 6. The lowest BCUT2D eigenvalue weighted by atomic mass is 9.77.